The second-order valence-electron chi connectivity index (χ2n) is 4.72. The topological polar surface area (TPSA) is 57.8 Å². The Bertz CT molecular complexity index is 859. The zero-order valence-electron chi connectivity index (χ0n) is 11.6. The number of rotatable bonds is 3. The van der Waals surface area contributed by atoms with Gasteiger partial charge in [-0.15, -0.1) is 0 Å². The van der Waals surface area contributed by atoms with Crippen LogP contribution in [-0.2, 0) is 0 Å². The van der Waals surface area contributed by atoms with Gasteiger partial charge in [0.15, 0.2) is 11.6 Å². The summed E-state index contributed by atoms with van der Waals surface area (Å²) in [5.74, 6) is -3.55. The summed E-state index contributed by atoms with van der Waals surface area (Å²) in [6.07, 6.45) is 1.33. The van der Waals surface area contributed by atoms with Crippen LogP contribution in [0.1, 0.15) is 10.4 Å². The summed E-state index contributed by atoms with van der Waals surface area (Å²) < 4.78 is 39.8. The van der Waals surface area contributed by atoms with Gasteiger partial charge >= 0.3 is 0 Å². The molecule has 0 aliphatic heterocycles. The number of aromatic amines is 1. The van der Waals surface area contributed by atoms with Crippen molar-refractivity contribution >= 4 is 11.6 Å². The van der Waals surface area contributed by atoms with Crippen LogP contribution in [-0.4, -0.2) is 16.1 Å². The fourth-order valence-electron chi connectivity index (χ4n) is 2.09. The number of nitrogens with one attached hydrogen (secondary N) is 2. The van der Waals surface area contributed by atoms with Crippen LogP contribution < -0.4 is 5.32 Å². The van der Waals surface area contributed by atoms with Crippen molar-refractivity contribution in [2.45, 2.75) is 0 Å². The van der Waals surface area contributed by atoms with Crippen molar-refractivity contribution in [2.75, 3.05) is 5.32 Å². The van der Waals surface area contributed by atoms with E-state index >= 15 is 0 Å². The molecule has 0 bridgehead atoms. The molecule has 0 saturated carbocycles. The van der Waals surface area contributed by atoms with E-state index in [2.05, 4.69) is 15.5 Å². The maximum atomic E-state index is 13.6. The first-order valence-corrected chi connectivity index (χ1v) is 6.61. The standard InChI is InChI=1S/C16H10F3N3O/c17-10-6-4-9(5-7-10)15-13(8-20-22-15)21-16(23)11-2-1-3-12(18)14(11)19/h1-8H,(H,20,22)(H,21,23). The Kier molecular flexibility index (Phi) is 3.84. The van der Waals surface area contributed by atoms with Gasteiger partial charge in [-0.2, -0.15) is 5.10 Å². The number of hydrogen-bond acceptors (Lipinski definition) is 2. The molecule has 0 spiro atoms. The molecule has 2 aromatic carbocycles. The van der Waals surface area contributed by atoms with Crippen LogP contribution in [0.5, 0.6) is 0 Å². The van der Waals surface area contributed by atoms with Crippen molar-refractivity contribution in [3.8, 4) is 11.3 Å². The smallest absolute Gasteiger partial charge is 0.258 e. The van der Waals surface area contributed by atoms with E-state index < -0.39 is 28.9 Å². The van der Waals surface area contributed by atoms with Crippen molar-refractivity contribution in [1.29, 1.82) is 0 Å². The van der Waals surface area contributed by atoms with Crippen molar-refractivity contribution in [1.82, 2.24) is 10.2 Å². The van der Waals surface area contributed by atoms with Gasteiger partial charge in [0.05, 0.1) is 23.1 Å². The molecule has 2 N–H and O–H groups in total. The minimum absolute atomic E-state index is 0.269. The molecule has 23 heavy (non-hydrogen) atoms. The Labute approximate surface area is 129 Å². The SMILES string of the molecule is O=C(Nc1cn[nH]c1-c1ccc(F)cc1)c1cccc(F)c1F. The Morgan fingerprint density at radius 3 is 2.52 bits per heavy atom. The third kappa shape index (κ3) is 2.94. The molecule has 0 aliphatic rings. The molecule has 3 aromatic rings. The van der Waals surface area contributed by atoms with Crippen LogP contribution in [0.3, 0.4) is 0 Å². The fourth-order valence-corrected chi connectivity index (χ4v) is 2.09. The number of amides is 1. The van der Waals surface area contributed by atoms with E-state index in [4.69, 9.17) is 0 Å². The molecule has 3 rings (SSSR count). The highest BCUT2D eigenvalue weighted by molar-refractivity contribution is 6.06. The van der Waals surface area contributed by atoms with Crippen LogP contribution in [0.2, 0.25) is 0 Å². The first-order chi connectivity index (χ1) is 11.1. The molecule has 0 fully saturated rings. The molecular weight excluding hydrogens is 307 g/mol. The van der Waals surface area contributed by atoms with Gasteiger partial charge in [-0.05, 0) is 36.4 Å². The molecule has 116 valence electrons. The second kappa shape index (κ2) is 5.96. The molecular formula is C16H10F3N3O. The zero-order valence-corrected chi connectivity index (χ0v) is 11.6. The van der Waals surface area contributed by atoms with E-state index in [1.165, 1.54) is 42.6 Å². The third-order valence-corrected chi connectivity index (χ3v) is 3.22. The summed E-state index contributed by atoms with van der Waals surface area (Å²) in [5, 5.41) is 8.93. The van der Waals surface area contributed by atoms with E-state index in [1.54, 1.807) is 0 Å². The van der Waals surface area contributed by atoms with Gasteiger partial charge in [0.1, 0.15) is 5.82 Å². The van der Waals surface area contributed by atoms with Gasteiger partial charge in [0, 0.05) is 5.56 Å². The molecule has 0 saturated heterocycles. The molecule has 1 amide bonds. The largest absolute Gasteiger partial charge is 0.319 e. The van der Waals surface area contributed by atoms with E-state index in [1.807, 2.05) is 0 Å². The van der Waals surface area contributed by atoms with Gasteiger partial charge in [-0.3, -0.25) is 9.89 Å². The molecule has 1 heterocycles. The van der Waals surface area contributed by atoms with Gasteiger partial charge in [0.25, 0.3) is 5.91 Å². The Morgan fingerprint density at radius 1 is 1.04 bits per heavy atom. The lowest BCUT2D eigenvalue weighted by atomic mass is 10.1. The number of carbonyl (C=O) groups excluding carboxylic acids is 1. The number of H-pyrrole nitrogens is 1. The van der Waals surface area contributed by atoms with Crippen molar-refractivity contribution in [3.05, 3.63) is 71.7 Å². The number of aromatic nitrogens is 2. The number of hydrogen-bond donors (Lipinski definition) is 2. The Hall–Kier alpha value is -3.09. The second-order valence-corrected chi connectivity index (χ2v) is 4.72. The number of anilines is 1. The molecule has 0 unspecified atom stereocenters. The van der Waals surface area contributed by atoms with E-state index in [0.29, 0.717) is 11.3 Å². The molecule has 0 radical (unpaired) electrons. The van der Waals surface area contributed by atoms with Gasteiger partial charge in [-0.1, -0.05) is 6.07 Å². The first-order valence-electron chi connectivity index (χ1n) is 6.61. The Balaban J connectivity index is 1.90. The van der Waals surface area contributed by atoms with Crippen LogP contribution in [0.25, 0.3) is 11.3 Å². The minimum atomic E-state index is -1.23. The summed E-state index contributed by atoms with van der Waals surface area (Å²) in [7, 11) is 0. The predicted octanol–water partition coefficient (Wildman–Crippen LogP) is 3.75. The monoisotopic (exact) mass is 317 g/mol. The average molecular weight is 317 g/mol. The number of nitrogens with zero attached hydrogens (tertiary/aromatic N) is 1. The molecule has 0 aliphatic carbocycles. The van der Waals surface area contributed by atoms with E-state index in [9.17, 15) is 18.0 Å². The lowest BCUT2D eigenvalue weighted by molar-refractivity contribution is 0.102. The lowest BCUT2D eigenvalue weighted by Gasteiger charge is -2.07. The zero-order chi connectivity index (χ0) is 16.4. The molecule has 7 heteroatoms. The summed E-state index contributed by atoms with van der Waals surface area (Å²) in [4.78, 5) is 12.1. The van der Waals surface area contributed by atoms with Crippen molar-refractivity contribution in [3.63, 3.8) is 0 Å². The lowest BCUT2D eigenvalue weighted by Crippen LogP contribution is -2.14. The average Bonchev–Trinajstić information content (AvgIpc) is 2.99. The van der Waals surface area contributed by atoms with Crippen LogP contribution in [0.4, 0.5) is 18.9 Å². The minimum Gasteiger partial charge on any atom is -0.319 e. The van der Waals surface area contributed by atoms with Crippen molar-refractivity contribution in [2.24, 2.45) is 0 Å². The van der Waals surface area contributed by atoms with E-state index in [0.717, 1.165) is 6.07 Å². The molecule has 1 aromatic heterocycles. The predicted molar refractivity (Wildman–Crippen MR) is 78.3 cm³/mol. The Morgan fingerprint density at radius 2 is 1.78 bits per heavy atom. The van der Waals surface area contributed by atoms with Gasteiger partial charge in [0.2, 0.25) is 0 Å². The summed E-state index contributed by atoms with van der Waals surface area (Å²) >= 11 is 0. The highest BCUT2D eigenvalue weighted by Gasteiger charge is 2.17. The summed E-state index contributed by atoms with van der Waals surface area (Å²) in [6.45, 7) is 0. The summed E-state index contributed by atoms with van der Waals surface area (Å²) in [5.41, 5.74) is 0.857. The van der Waals surface area contributed by atoms with Crippen molar-refractivity contribution < 1.29 is 18.0 Å². The highest BCUT2D eigenvalue weighted by Crippen LogP contribution is 2.26. The fraction of sp³-hybridized carbons (Fsp3) is 0. The van der Waals surface area contributed by atoms with E-state index in [-0.39, 0.29) is 5.69 Å². The number of carbonyl (C=O) groups is 1. The molecule has 0 atom stereocenters. The van der Waals surface area contributed by atoms with Crippen LogP contribution in [0, 0.1) is 17.5 Å². The highest BCUT2D eigenvalue weighted by atomic mass is 19.2. The maximum absolute atomic E-state index is 13.6. The number of halogens is 3. The molecule has 4 nitrogen and oxygen atoms in total. The van der Waals surface area contributed by atoms with Gasteiger partial charge < -0.3 is 5.32 Å². The normalized spacial score (nSPS) is 10.6. The quantitative estimate of drug-likeness (QED) is 0.773. The van der Waals surface area contributed by atoms with Crippen LogP contribution >= 0.6 is 0 Å². The number of benzene rings is 2. The summed E-state index contributed by atoms with van der Waals surface area (Å²) in [6, 6.07) is 8.85. The maximum Gasteiger partial charge on any atom is 0.258 e. The van der Waals surface area contributed by atoms with Gasteiger partial charge in [-0.25, -0.2) is 13.2 Å². The first kappa shape index (κ1) is 14.8. The van der Waals surface area contributed by atoms with Crippen LogP contribution in [0.15, 0.2) is 48.7 Å². The third-order valence-electron chi connectivity index (χ3n) is 3.22.